The number of fused-ring (bicyclic) bond motifs is 8. The van der Waals surface area contributed by atoms with Gasteiger partial charge in [-0.05, 0) is 119 Å². The van der Waals surface area contributed by atoms with Gasteiger partial charge >= 0.3 is 11.9 Å². The molecule has 10 nitrogen and oxygen atoms in total. The van der Waals surface area contributed by atoms with Crippen LogP contribution in [-0.4, -0.2) is 52.1 Å². The maximum Gasteiger partial charge on any atom is 0.335 e. The van der Waals surface area contributed by atoms with Gasteiger partial charge in [0.15, 0.2) is 0 Å². The molecular weight excluding hydrogens is 677 g/mol. The van der Waals surface area contributed by atoms with Crippen LogP contribution in [0.4, 0.5) is 0 Å². The van der Waals surface area contributed by atoms with Gasteiger partial charge in [-0.2, -0.15) is 0 Å². The number of carboxylic acid groups (broad SMARTS) is 2. The molecule has 0 saturated carbocycles. The van der Waals surface area contributed by atoms with E-state index in [2.05, 4.69) is 19.9 Å². The minimum atomic E-state index is -1.01. The van der Waals surface area contributed by atoms with Crippen LogP contribution in [0.1, 0.15) is 43.5 Å². The lowest BCUT2D eigenvalue weighted by molar-refractivity contribution is 0.0686. The van der Waals surface area contributed by atoms with Crippen LogP contribution in [0.15, 0.2) is 122 Å². The first-order chi connectivity index (χ1) is 26.4. The quantitative estimate of drug-likeness (QED) is 0.133. The van der Waals surface area contributed by atoms with Gasteiger partial charge in [-0.15, -0.1) is 0 Å². The zero-order valence-electron chi connectivity index (χ0n) is 28.4. The van der Waals surface area contributed by atoms with Crippen molar-refractivity contribution in [2.45, 2.75) is 0 Å². The number of rotatable bonds is 6. The third-order valence-corrected chi connectivity index (χ3v) is 9.53. The summed E-state index contributed by atoms with van der Waals surface area (Å²) in [5, 5.41) is 19.3. The fourth-order valence-corrected chi connectivity index (χ4v) is 7.02. The van der Waals surface area contributed by atoms with Crippen LogP contribution in [0.5, 0.6) is 0 Å². The van der Waals surface area contributed by atoms with E-state index in [1.54, 1.807) is 61.2 Å². The predicted molar refractivity (Wildman–Crippen MR) is 210 cm³/mol. The van der Waals surface area contributed by atoms with Gasteiger partial charge in [-0.25, -0.2) is 19.6 Å². The Labute approximate surface area is 307 Å². The molecule has 5 aromatic heterocycles. The second kappa shape index (κ2) is 13.1. The normalized spacial score (nSPS) is 11.9. The predicted octanol–water partition coefficient (Wildman–Crippen LogP) is 9.51. The number of H-pyrrole nitrogens is 2. The van der Waals surface area contributed by atoms with Crippen LogP contribution < -0.4 is 0 Å². The Morgan fingerprint density at radius 2 is 0.704 bits per heavy atom. The number of aromatic amines is 2. The zero-order valence-corrected chi connectivity index (χ0v) is 28.4. The van der Waals surface area contributed by atoms with Crippen molar-refractivity contribution in [3.8, 4) is 44.5 Å². The molecular formula is C44H28N6O4. The smallest absolute Gasteiger partial charge is 0.335 e. The average Bonchev–Trinajstić information content (AvgIpc) is 4.04. The van der Waals surface area contributed by atoms with E-state index in [0.29, 0.717) is 22.8 Å². The third kappa shape index (κ3) is 5.73. The second-order valence-electron chi connectivity index (χ2n) is 12.7. The van der Waals surface area contributed by atoms with E-state index in [1.165, 1.54) is 0 Å². The van der Waals surface area contributed by atoms with Crippen molar-refractivity contribution < 1.29 is 19.8 Å². The highest BCUT2D eigenvalue weighted by molar-refractivity contribution is 6.01. The molecule has 258 valence electrons. The van der Waals surface area contributed by atoms with Crippen LogP contribution in [0.2, 0.25) is 0 Å². The summed E-state index contributed by atoms with van der Waals surface area (Å²) in [6, 6.07) is 29.4. The lowest BCUT2D eigenvalue weighted by Crippen LogP contribution is -1.96. The Bertz CT molecular complexity index is 2720. The van der Waals surface area contributed by atoms with Gasteiger partial charge < -0.3 is 20.2 Å². The summed E-state index contributed by atoms with van der Waals surface area (Å²) in [7, 11) is 0. The Balaban J connectivity index is 1.44. The number of benzene rings is 2. The topological polar surface area (TPSA) is 158 Å². The van der Waals surface area contributed by atoms with Gasteiger partial charge in [-0.3, -0.25) is 9.97 Å². The largest absolute Gasteiger partial charge is 0.478 e. The van der Waals surface area contributed by atoms with Gasteiger partial charge in [0.25, 0.3) is 0 Å². The molecule has 8 bridgehead atoms. The highest BCUT2D eigenvalue weighted by Gasteiger charge is 2.20. The molecule has 9 rings (SSSR count). The first-order valence-electron chi connectivity index (χ1n) is 17.1. The van der Waals surface area contributed by atoms with Crippen LogP contribution in [0.3, 0.4) is 0 Å². The molecule has 54 heavy (non-hydrogen) atoms. The molecule has 2 aliphatic rings. The summed E-state index contributed by atoms with van der Waals surface area (Å²) in [5.74, 6) is -2.00. The number of carbonyl (C=O) groups is 2. The summed E-state index contributed by atoms with van der Waals surface area (Å²) in [4.78, 5) is 49.8. The molecule has 4 N–H and O–H groups in total. The molecule has 2 aromatic carbocycles. The van der Waals surface area contributed by atoms with Crippen molar-refractivity contribution in [1.82, 2.24) is 29.9 Å². The van der Waals surface area contributed by atoms with Gasteiger partial charge in [0.2, 0.25) is 0 Å². The van der Waals surface area contributed by atoms with E-state index in [4.69, 9.17) is 9.97 Å². The molecule has 0 amide bonds. The van der Waals surface area contributed by atoms with Gasteiger partial charge in [0, 0.05) is 69.1 Å². The second-order valence-corrected chi connectivity index (χ2v) is 12.7. The molecule has 0 aliphatic carbocycles. The molecule has 7 heterocycles. The van der Waals surface area contributed by atoms with Crippen LogP contribution in [-0.2, 0) is 0 Å². The van der Waals surface area contributed by atoms with Crippen molar-refractivity contribution in [1.29, 1.82) is 0 Å². The number of nitrogens with one attached hydrogen (secondary N) is 2. The number of carboxylic acids is 2. The maximum atomic E-state index is 11.8. The molecule has 0 saturated heterocycles. The van der Waals surface area contributed by atoms with E-state index in [9.17, 15) is 19.8 Å². The number of hydrogen-bond acceptors (Lipinski definition) is 6. The van der Waals surface area contributed by atoms with Crippen molar-refractivity contribution in [2.24, 2.45) is 0 Å². The summed E-state index contributed by atoms with van der Waals surface area (Å²) < 4.78 is 0. The molecule has 0 spiro atoms. The van der Waals surface area contributed by atoms with Crippen molar-refractivity contribution in [3.05, 3.63) is 156 Å². The fourth-order valence-electron chi connectivity index (χ4n) is 7.02. The zero-order chi connectivity index (χ0) is 36.8. The third-order valence-electron chi connectivity index (χ3n) is 9.53. The number of pyridine rings is 2. The van der Waals surface area contributed by atoms with Crippen LogP contribution in [0, 0.1) is 0 Å². The minimum absolute atomic E-state index is 0.181. The molecule has 0 unspecified atom stereocenters. The Kier molecular flexibility index (Phi) is 7.82. The maximum absolute atomic E-state index is 11.8. The number of hydrogen-bond donors (Lipinski definition) is 4. The van der Waals surface area contributed by atoms with Crippen LogP contribution >= 0.6 is 0 Å². The van der Waals surface area contributed by atoms with Crippen LogP contribution in [0.25, 0.3) is 90.9 Å². The monoisotopic (exact) mass is 704 g/mol. The Morgan fingerprint density at radius 3 is 1.07 bits per heavy atom. The molecule has 0 fully saturated rings. The first kappa shape index (κ1) is 32.2. The first-order valence-corrected chi connectivity index (χ1v) is 17.1. The van der Waals surface area contributed by atoms with Crippen molar-refractivity contribution in [3.63, 3.8) is 0 Å². The summed E-state index contributed by atoms with van der Waals surface area (Å²) >= 11 is 0. The van der Waals surface area contributed by atoms with Crippen molar-refractivity contribution in [2.75, 3.05) is 0 Å². The molecule has 0 atom stereocenters. The van der Waals surface area contributed by atoms with E-state index in [1.807, 2.05) is 85.0 Å². The average molecular weight is 705 g/mol. The van der Waals surface area contributed by atoms with Gasteiger partial charge in [-0.1, -0.05) is 24.3 Å². The number of aromatic carboxylic acids is 2. The van der Waals surface area contributed by atoms with E-state index < -0.39 is 11.9 Å². The number of aromatic nitrogens is 6. The molecule has 2 aliphatic heterocycles. The minimum Gasteiger partial charge on any atom is -0.478 e. The highest BCUT2D eigenvalue weighted by atomic mass is 16.4. The SMILES string of the molecule is O=C(O)c1ccc(-c2c3nc(c(-c4ccncc4)c4ccc([nH]4)c(-c4ccc(C(=O)O)cc4)c4ccc([nH]4)c(-c4ccncc4)c4nc2C=C4)C=C3)cc1. The molecule has 10 heteroatoms. The van der Waals surface area contributed by atoms with Gasteiger partial charge in [0.05, 0.1) is 33.9 Å². The fraction of sp³-hybridized carbons (Fsp3) is 0. The molecule has 0 radical (unpaired) electrons. The summed E-state index contributed by atoms with van der Waals surface area (Å²) in [6.45, 7) is 0. The lowest BCUT2D eigenvalue weighted by Gasteiger charge is -2.07. The highest BCUT2D eigenvalue weighted by Crippen LogP contribution is 2.38. The Morgan fingerprint density at radius 1 is 0.389 bits per heavy atom. The standard InChI is InChI=1S/C44H28N6O4/c51-43(52)29-5-1-25(2-6-29)39-31-9-13-35(47-31)41(27-17-21-45-22-18-27)37-15-11-33(49-37)40(26-3-7-30(8-4-26)44(53)54)34-12-16-38(50-34)42(28-19-23-46-24-20-28)36-14-10-32(39)48-36/h1-24,47-48H,(H,51,52)(H,53,54). The lowest BCUT2D eigenvalue weighted by atomic mass is 10.0. The van der Waals surface area contributed by atoms with E-state index in [0.717, 1.165) is 66.6 Å². The van der Waals surface area contributed by atoms with E-state index >= 15 is 0 Å². The summed E-state index contributed by atoms with van der Waals surface area (Å²) in [5.41, 5.74) is 13.0. The van der Waals surface area contributed by atoms with E-state index in [-0.39, 0.29) is 11.1 Å². The van der Waals surface area contributed by atoms with Crippen molar-refractivity contribution >= 4 is 58.3 Å². The summed E-state index contributed by atoms with van der Waals surface area (Å²) in [6.07, 6.45) is 14.8. The van der Waals surface area contributed by atoms with Gasteiger partial charge in [0.1, 0.15) is 0 Å². The number of nitrogens with zero attached hydrogens (tertiary/aromatic N) is 4. The Hall–Kier alpha value is -7.72. The molecule has 7 aromatic rings.